The zero-order valence-corrected chi connectivity index (χ0v) is 15.2. The molecule has 1 aromatic carbocycles. The van der Waals surface area contributed by atoms with Crippen LogP contribution in [0.15, 0.2) is 24.3 Å². The molecule has 1 N–H and O–H groups in total. The standard InChI is InChI=1S/C18H24BNO3S/c1-17(9-3-2-4-10-17)12-23-14-7-5-13(6-8-14)11-18(19)15(21)20-16(22)24-18/h5-8H,2-4,9-12,19H2,1H3,(H,20,21,22)/t18-/m1/s1. The smallest absolute Gasteiger partial charge is 0.285 e. The number of hydrogen-bond donors (Lipinski definition) is 1. The Bertz CT molecular complexity index is 628. The number of thioether (sulfide) groups is 1. The Hall–Kier alpha value is -1.43. The number of carbonyl (C=O) groups is 2. The third-order valence-electron chi connectivity index (χ3n) is 5.13. The van der Waals surface area contributed by atoms with E-state index in [9.17, 15) is 9.59 Å². The van der Waals surface area contributed by atoms with Crippen LogP contribution in [0, 0.1) is 5.41 Å². The lowest BCUT2D eigenvalue weighted by Gasteiger charge is -2.33. The molecule has 6 heteroatoms. The number of amides is 2. The number of nitrogens with one attached hydrogen (secondary N) is 1. The minimum Gasteiger partial charge on any atom is -0.493 e. The van der Waals surface area contributed by atoms with Crippen molar-refractivity contribution in [3.63, 3.8) is 0 Å². The minimum atomic E-state index is -0.713. The SMILES string of the molecule is B[C@]1(Cc2ccc(OCC3(C)CCCCC3)cc2)SC(=O)NC1=O. The summed E-state index contributed by atoms with van der Waals surface area (Å²) in [7, 11) is 1.81. The van der Waals surface area contributed by atoms with Crippen molar-refractivity contribution in [2.45, 2.75) is 50.1 Å². The van der Waals surface area contributed by atoms with Crippen molar-refractivity contribution in [3.8, 4) is 5.75 Å². The Morgan fingerprint density at radius 3 is 2.42 bits per heavy atom. The van der Waals surface area contributed by atoms with Gasteiger partial charge in [0.1, 0.15) is 13.6 Å². The molecule has 0 spiro atoms. The van der Waals surface area contributed by atoms with E-state index in [1.165, 1.54) is 32.1 Å². The zero-order chi connectivity index (χ0) is 17.2. The molecule has 3 rings (SSSR count). The van der Waals surface area contributed by atoms with E-state index in [-0.39, 0.29) is 11.1 Å². The molecule has 0 bridgehead atoms. The Morgan fingerprint density at radius 1 is 1.17 bits per heavy atom. The van der Waals surface area contributed by atoms with Gasteiger partial charge in [0.15, 0.2) is 0 Å². The lowest BCUT2D eigenvalue weighted by molar-refractivity contribution is -0.119. The largest absolute Gasteiger partial charge is 0.493 e. The Balaban J connectivity index is 1.57. The van der Waals surface area contributed by atoms with E-state index in [1.807, 2.05) is 32.1 Å². The topological polar surface area (TPSA) is 55.4 Å². The summed E-state index contributed by atoms with van der Waals surface area (Å²) >= 11 is 1.07. The highest BCUT2D eigenvalue weighted by Crippen LogP contribution is 2.36. The number of ether oxygens (including phenoxy) is 1. The molecule has 24 heavy (non-hydrogen) atoms. The summed E-state index contributed by atoms with van der Waals surface area (Å²) in [6.45, 7) is 3.07. The maximum atomic E-state index is 11.9. The van der Waals surface area contributed by atoms with Crippen molar-refractivity contribution < 1.29 is 14.3 Å². The summed E-state index contributed by atoms with van der Waals surface area (Å²) < 4.78 is 5.28. The van der Waals surface area contributed by atoms with Crippen molar-refractivity contribution in [3.05, 3.63) is 29.8 Å². The van der Waals surface area contributed by atoms with Gasteiger partial charge in [0.05, 0.1) is 11.3 Å². The summed E-state index contributed by atoms with van der Waals surface area (Å²) in [5, 5.41) is 2.10. The van der Waals surface area contributed by atoms with E-state index >= 15 is 0 Å². The molecule has 128 valence electrons. The van der Waals surface area contributed by atoms with Crippen LogP contribution in [-0.2, 0) is 11.2 Å². The van der Waals surface area contributed by atoms with Crippen LogP contribution in [0.2, 0.25) is 0 Å². The van der Waals surface area contributed by atoms with Crippen molar-refractivity contribution in [2.24, 2.45) is 5.41 Å². The van der Waals surface area contributed by atoms with Gasteiger partial charge in [-0.25, -0.2) is 0 Å². The lowest BCUT2D eigenvalue weighted by atomic mass is 9.76. The van der Waals surface area contributed by atoms with Gasteiger partial charge in [0.2, 0.25) is 5.91 Å². The second-order valence-corrected chi connectivity index (χ2v) is 9.03. The predicted octanol–water partition coefficient (Wildman–Crippen LogP) is 2.89. The van der Waals surface area contributed by atoms with Gasteiger partial charge >= 0.3 is 0 Å². The maximum Gasteiger partial charge on any atom is 0.285 e. The fourth-order valence-electron chi connectivity index (χ4n) is 3.52. The summed E-state index contributed by atoms with van der Waals surface area (Å²) in [6, 6.07) is 7.90. The Kier molecular flexibility index (Phi) is 4.95. The van der Waals surface area contributed by atoms with E-state index in [0.717, 1.165) is 29.7 Å². The van der Waals surface area contributed by atoms with Crippen LogP contribution in [0.5, 0.6) is 5.75 Å². The molecule has 1 aromatic rings. The van der Waals surface area contributed by atoms with Crippen molar-refractivity contribution in [1.29, 1.82) is 0 Å². The van der Waals surface area contributed by atoms with Gasteiger partial charge in [0.25, 0.3) is 5.24 Å². The average Bonchev–Trinajstić information content (AvgIpc) is 2.79. The maximum absolute atomic E-state index is 11.9. The first-order valence-corrected chi connectivity index (χ1v) is 9.46. The van der Waals surface area contributed by atoms with Crippen LogP contribution < -0.4 is 10.1 Å². The molecule has 0 aromatic heterocycles. The van der Waals surface area contributed by atoms with Crippen molar-refractivity contribution in [2.75, 3.05) is 6.61 Å². The molecule has 2 amide bonds. The number of hydrogen-bond acceptors (Lipinski definition) is 4. The molecule has 0 radical (unpaired) electrons. The summed E-state index contributed by atoms with van der Waals surface area (Å²) in [4.78, 5) is 23.3. The molecular formula is C18H24BNO3S. The Morgan fingerprint density at radius 2 is 1.83 bits per heavy atom. The number of rotatable bonds is 5. The highest BCUT2D eigenvalue weighted by molar-refractivity contribution is 8.17. The summed E-state index contributed by atoms with van der Waals surface area (Å²) in [5.41, 5.74) is 1.33. The fraction of sp³-hybridized carbons (Fsp3) is 0.556. The second-order valence-electron chi connectivity index (χ2n) is 7.56. The molecule has 1 saturated carbocycles. The van der Waals surface area contributed by atoms with Crippen LogP contribution in [0.3, 0.4) is 0 Å². The molecule has 0 unspecified atom stereocenters. The van der Waals surface area contributed by atoms with Crippen LogP contribution >= 0.6 is 11.8 Å². The molecule has 1 heterocycles. The van der Waals surface area contributed by atoms with Gasteiger partial charge in [-0.15, -0.1) is 0 Å². The van der Waals surface area contributed by atoms with Crippen LogP contribution in [-0.4, -0.2) is 30.2 Å². The van der Waals surface area contributed by atoms with Gasteiger partial charge in [0, 0.05) is 5.41 Å². The molecule has 1 saturated heterocycles. The average molecular weight is 345 g/mol. The van der Waals surface area contributed by atoms with E-state index in [1.54, 1.807) is 0 Å². The lowest BCUT2D eigenvalue weighted by Crippen LogP contribution is -2.38. The van der Waals surface area contributed by atoms with Gasteiger partial charge < -0.3 is 4.74 Å². The normalized spacial score (nSPS) is 26.2. The number of benzene rings is 1. The first-order chi connectivity index (χ1) is 11.4. The molecule has 1 atom stereocenters. The van der Waals surface area contributed by atoms with Crippen LogP contribution in [0.4, 0.5) is 4.79 Å². The van der Waals surface area contributed by atoms with Crippen LogP contribution in [0.1, 0.15) is 44.6 Å². The van der Waals surface area contributed by atoms with Gasteiger partial charge in [-0.05, 0) is 37.0 Å². The third-order valence-corrected chi connectivity index (χ3v) is 6.19. The van der Waals surface area contributed by atoms with E-state index < -0.39 is 4.65 Å². The fourth-order valence-corrected chi connectivity index (χ4v) is 4.45. The molecule has 2 aliphatic rings. The van der Waals surface area contributed by atoms with E-state index in [2.05, 4.69) is 12.2 Å². The first-order valence-electron chi connectivity index (χ1n) is 8.65. The highest BCUT2D eigenvalue weighted by atomic mass is 32.2. The molecule has 4 nitrogen and oxygen atoms in total. The quantitative estimate of drug-likeness (QED) is 0.834. The highest BCUT2D eigenvalue weighted by Gasteiger charge is 2.43. The number of carbonyl (C=O) groups excluding carboxylic acids is 2. The molecule has 2 fully saturated rings. The zero-order valence-electron chi connectivity index (χ0n) is 14.4. The molecular weight excluding hydrogens is 321 g/mol. The molecule has 1 aliphatic carbocycles. The van der Waals surface area contributed by atoms with Crippen molar-refractivity contribution in [1.82, 2.24) is 5.32 Å². The monoisotopic (exact) mass is 345 g/mol. The third kappa shape index (κ3) is 3.97. The van der Waals surface area contributed by atoms with Crippen molar-refractivity contribution >= 4 is 30.8 Å². The summed E-state index contributed by atoms with van der Waals surface area (Å²) in [5.74, 6) is 0.665. The number of imide groups is 1. The first kappa shape index (κ1) is 17.4. The predicted molar refractivity (Wildman–Crippen MR) is 99.2 cm³/mol. The van der Waals surface area contributed by atoms with Gasteiger partial charge in [-0.1, -0.05) is 50.1 Å². The van der Waals surface area contributed by atoms with Gasteiger partial charge in [-0.3, -0.25) is 14.9 Å². The van der Waals surface area contributed by atoms with E-state index in [0.29, 0.717) is 11.8 Å². The Labute approximate surface area is 148 Å². The van der Waals surface area contributed by atoms with E-state index in [4.69, 9.17) is 4.74 Å². The van der Waals surface area contributed by atoms with Gasteiger partial charge in [-0.2, -0.15) is 0 Å². The minimum absolute atomic E-state index is 0.206. The van der Waals surface area contributed by atoms with Crippen LogP contribution in [0.25, 0.3) is 0 Å². The molecule has 1 aliphatic heterocycles. The second kappa shape index (κ2) is 6.83. The summed E-state index contributed by atoms with van der Waals surface area (Å²) in [6.07, 6.45) is 6.96.